The number of hydrazone groups is 1. The molecule has 0 aliphatic carbocycles. The summed E-state index contributed by atoms with van der Waals surface area (Å²) in [7, 11) is 0. The van der Waals surface area contributed by atoms with Crippen molar-refractivity contribution in [3.63, 3.8) is 0 Å². The van der Waals surface area contributed by atoms with Crippen LogP contribution < -0.4 is 5.32 Å². The van der Waals surface area contributed by atoms with Crippen molar-refractivity contribution < 1.29 is 23.3 Å². The first-order valence-corrected chi connectivity index (χ1v) is 15.7. The van der Waals surface area contributed by atoms with Gasteiger partial charge in [-0.25, -0.2) is 13.8 Å². The van der Waals surface area contributed by atoms with E-state index in [-0.39, 0.29) is 35.3 Å². The minimum Gasteiger partial charge on any atom is -0.345 e. The Balaban J connectivity index is 1.22. The maximum absolute atomic E-state index is 13.8. The number of halogens is 2. The molecule has 0 radical (unpaired) electrons. The molecule has 15 heteroatoms. The second kappa shape index (κ2) is 13.4. The lowest BCUT2D eigenvalue weighted by Crippen LogP contribution is -2.28. The molecule has 11 nitrogen and oxygen atoms in total. The summed E-state index contributed by atoms with van der Waals surface area (Å²) in [5, 5.41) is 30.4. The smallest absolute Gasteiger partial charge is 0.269 e. The van der Waals surface area contributed by atoms with Gasteiger partial charge in [-0.1, -0.05) is 30.0 Å². The highest BCUT2D eigenvalue weighted by Gasteiger charge is 2.33. The Morgan fingerprint density at radius 3 is 2.33 bits per heavy atom. The first-order valence-electron chi connectivity index (χ1n) is 13.8. The zero-order valence-electron chi connectivity index (χ0n) is 23.7. The second-order valence-electron chi connectivity index (χ2n) is 10.0. The molecule has 0 fully saturated rings. The summed E-state index contributed by atoms with van der Waals surface area (Å²) in [6.45, 7) is -0.0814. The van der Waals surface area contributed by atoms with E-state index in [2.05, 4.69) is 20.6 Å². The van der Waals surface area contributed by atoms with Gasteiger partial charge in [-0.3, -0.25) is 24.3 Å². The van der Waals surface area contributed by atoms with Crippen LogP contribution in [0.15, 0.2) is 101 Å². The van der Waals surface area contributed by atoms with Crippen molar-refractivity contribution in [3.8, 4) is 5.69 Å². The number of nitro benzene ring substituents is 1. The summed E-state index contributed by atoms with van der Waals surface area (Å²) < 4.78 is 29.1. The summed E-state index contributed by atoms with van der Waals surface area (Å²) in [4.78, 5) is 37.7. The van der Waals surface area contributed by atoms with Crippen LogP contribution in [0.1, 0.15) is 39.1 Å². The number of thiophene rings is 1. The van der Waals surface area contributed by atoms with Crippen LogP contribution in [0.25, 0.3) is 5.69 Å². The van der Waals surface area contributed by atoms with Crippen LogP contribution in [0.2, 0.25) is 0 Å². The monoisotopic (exact) mass is 659 g/mol. The third-order valence-corrected chi connectivity index (χ3v) is 8.92. The van der Waals surface area contributed by atoms with E-state index in [1.54, 1.807) is 16.7 Å². The molecule has 1 aliphatic heterocycles. The van der Waals surface area contributed by atoms with Gasteiger partial charge in [0.15, 0.2) is 11.0 Å². The van der Waals surface area contributed by atoms with E-state index in [4.69, 9.17) is 0 Å². The molecule has 1 aliphatic rings. The normalized spacial score (nSPS) is 14.3. The van der Waals surface area contributed by atoms with E-state index < -0.39 is 22.7 Å². The quantitative estimate of drug-likeness (QED) is 0.112. The average molecular weight is 660 g/mol. The number of aromatic nitrogens is 3. The third-order valence-electron chi connectivity index (χ3n) is 7.08. The third kappa shape index (κ3) is 6.69. The fourth-order valence-corrected chi connectivity index (χ4v) is 6.37. The molecule has 0 saturated carbocycles. The number of thioether (sulfide) groups is 1. The number of hydrogen-bond donors (Lipinski definition) is 1. The van der Waals surface area contributed by atoms with E-state index in [9.17, 15) is 28.5 Å². The van der Waals surface area contributed by atoms with Gasteiger partial charge in [0.05, 0.1) is 33.9 Å². The predicted octanol–water partition coefficient (Wildman–Crippen LogP) is 5.92. The number of nitrogens with one attached hydrogen (secondary N) is 1. The number of carbonyl (C=O) groups is 2. The summed E-state index contributed by atoms with van der Waals surface area (Å²) in [5.41, 5.74) is 2.07. The highest BCUT2D eigenvalue weighted by molar-refractivity contribution is 7.99. The molecule has 5 aromatic rings. The molecule has 6 rings (SSSR count). The van der Waals surface area contributed by atoms with Gasteiger partial charge < -0.3 is 5.32 Å². The van der Waals surface area contributed by atoms with Crippen LogP contribution in [0.3, 0.4) is 0 Å². The Morgan fingerprint density at radius 1 is 0.978 bits per heavy atom. The highest BCUT2D eigenvalue weighted by atomic mass is 32.2. The molecule has 0 unspecified atom stereocenters. The molecule has 1 atom stereocenters. The molecule has 1 N–H and O–H groups in total. The lowest BCUT2D eigenvalue weighted by molar-refractivity contribution is -0.384. The topological polar surface area (TPSA) is 136 Å². The number of hydrogen-bond acceptors (Lipinski definition) is 9. The van der Waals surface area contributed by atoms with Crippen LogP contribution in [-0.4, -0.2) is 48.0 Å². The standard InChI is InChI=1S/C31H23F2N7O4S2/c32-21-7-3-19(4-8-21)26-16-25(27-2-1-15-45-27)37-39(26)29(41)18-46-31-36-35-28(38(31)23-13-9-22(33)10-14-23)17-34-30(42)20-5-11-24(12-6-20)40(43)44/h1-15,26H,16-18H2,(H,34,42)/t26-/m0/s1. The van der Waals surface area contributed by atoms with Gasteiger partial charge in [0, 0.05) is 29.8 Å². The van der Waals surface area contributed by atoms with Gasteiger partial charge >= 0.3 is 0 Å². The number of non-ortho nitro benzene ring substituents is 1. The van der Waals surface area contributed by atoms with Gasteiger partial charge in [-0.15, -0.1) is 21.5 Å². The molecular weight excluding hydrogens is 637 g/mol. The van der Waals surface area contributed by atoms with E-state index in [0.717, 1.165) is 27.9 Å². The average Bonchev–Trinajstić information content (AvgIpc) is 3.84. The lowest BCUT2D eigenvalue weighted by Gasteiger charge is -2.22. The largest absolute Gasteiger partial charge is 0.345 e. The van der Waals surface area contributed by atoms with Crippen molar-refractivity contribution >= 4 is 46.3 Å². The van der Waals surface area contributed by atoms with E-state index in [1.807, 2.05) is 17.5 Å². The molecule has 46 heavy (non-hydrogen) atoms. The van der Waals surface area contributed by atoms with Gasteiger partial charge in [-0.05, 0) is 65.5 Å². The van der Waals surface area contributed by atoms with E-state index >= 15 is 0 Å². The van der Waals surface area contributed by atoms with Crippen LogP contribution in [0, 0.1) is 21.7 Å². The molecular formula is C31H23F2N7O4S2. The van der Waals surface area contributed by atoms with Crippen LogP contribution in [-0.2, 0) is 11.3 Å². The van der Waals surface area contributed by atoms with E-state index in [0.29, 0.717) is 23.1 Å². The molecule has 232 valence electrons. The van der Waals surface area contributed by atoms with Crippen LogP contribution >= 0.6 is 23.1 Å². The highest BCUT2D eigenvalue weighted by Crippen LogP contribution is 2.35. The van der Waals surface area contributed by atoms with Crippen LogP contribution in [0.4, 0.5) is 14.5 Å². The van der Waals surface area contributed by atoms with Crippen molar-refractivity contribution in [2.24, 2.45) is 5.10 Å². The van der Waals surface area contributed by atoms with Gasteiger partial charge in [0.1, 0.15) is 11.6 Å². The number of benzene rings is 3. The molecule has 3 heterocycles. The summed E-state index contributed by atoms with van der Waals surface area (Å²) >= 11 is 2.61. The van der Waals surface area contributed by atoms with Crippen molar-refractivity contribution in [1.82, 2.24) is 25.1 Å². The Hall–Kier alpha value is -5.28. The SMILES string of the molecule is O=C(NCc1nnc(SCC(=O)N2N=C(c3cccs3)C[C@H]2c2ccc(F)cc2)n1-c1ccc(F)cc1)c1ccc([N+](=O)[O-])cc1. The summed E-state index contributed by atoms with van der Waals surface area (Å²) in [5.74, 6) is -1.40. The summed E-state index contributed by atoms with van der Waals surface area (Å²) in [6, 6.07) is 20.1. The maximum atomic E-state index is 13.8. The Kier molecular flexibility index (Phi) is 8.94. The lowest BCUT2D eigenvalue weighted by atomic mass is 10.0. The van der Waals surface area contributed by atoms with Gasteiger partial charge in [0.2, 0.25) is 0 Å². The zero-order valence-corrected chi connectivity index (χ0v) is 25.4. The molecule has 0 bridgehead atoms. The molecule has 2 amide bonds. The summed E-state index contributed by atoms with van der Waals surface area (Å²) in [6.07, 6.45) is 0.465. The number of amides is 2. The second-order valence-corrected chi connectivity index (χ2v) is 11.9. The van der Waals surface area contributed by atoms with Crippen molar-refractivity contribution in [3.05, 3.63) is 134 Å². The Morgan fingerprint density at radius 2 is 1.67 bits per heavy atom. The minimum absolute atomic E-state index is 0.0760. The van der Waals surface area contributed by atoms with Crippen molar-refractivity contribution in [2.45, 2.75) is 24.2 Å². The Labute approximate surface area is 268 Å². The van der Waals surface area contributed by atoms with Crippen molar-refractivity contribution in [1.29, 1.82) is 0 Å². The fourth-order valence-electron chi connectivity index (χ4n) is 4.82. The predicted molar refractivity (Wildman–Crippen MR) is 168 cm³/mol. The number of rotatable bonds is 10. The van der Waals surface area contributed by atoms with E-state index in [1.165, 1.54) is 77.0 Å². The Bertz CT molecular complexity index is 1910. The fraction of sp³-hybridized carbons (Fsp3) is 0.129. The first-order chi connectivity index (χ1) is 22.3. The van der Waals surface area contributed by atoms with Crippen molar-refractivity contribution in [2.75, 3.05) is 5.75 Å². The van der Waals surface area contributed by atoms with Gasteiger partial charge in [0.25, 0.3) is 17.5 Å². The molecule has 3 aromatic carbocycles. The molecule has 0 saturated heterocycles. The number of carbonyl (C=O) groups excluding carboxylic acids is 2. The number of nitro groups is 1. The zero-order chi connectivity index (χ0) is 32.2. The van der Waals surface area contributed by atoms with Crippen LogP contribution in [0.5, 0.6) is 0 Å². The molecule has 2 aromatic heterocycles. The molecule has 0 spiro atoms. The number of nitrogens with zero attached hydrogens (tertiary/aromatic N) is 6. The minimum atomic E-state index is -0.557. The maximum Gasteiger partial charge on any atom is 0.269 e. The first kappa shape index (κ1) is 30.7. The van der Waals surface area contributed by atoms with Gasteiger partial charge in [-0.2, -0.15) is 5.10 Å².